The van der Waals surface area contributed by atoms with Gasteiger partial charge in [0.1, 0.15) is 5.75 Å². The number of carbonyl (C=O) groups is 1. The van der Waals surface area contributed by atoms with E-state index in [0.29, 0.717) is 17.7 Å². The minimum absolute atomic E-state index is 0.0568. The second kappa shape index (κ2) is 9.17. The van der Waals surface area contributed by atoms with Crippen molar-refractivity contribution < 1.29 is 27.8 Å². The number of aromatic nitrogens is 3. The van der Waals surface area contributed by atoms with Crippen molar-refractivity contribution in [3.05, 3.63) is 59.9 Å². The van der Waals surface area contributed by atoms with Gasteiger partial charge in [-0.1, -0.05) is 0 Å². The summed E-state index contributed by atoms with van der Waals surface area (Å²) in [6.07, 6.45) is -1.03. The van der Waals surface area contributed by atoms with Gasteiger partial charge in [0, 0.05) is 32.1 Å². The Kier molecular flexibility index (Phi) is 6.59. The third-order valence-corrected chi connectivity index (χ3v) is 4.44. The molecule has 1 aromatic carbocycles. The molecule has 2 heterocycles. The number of aryl methyl sites for hydroxylation is 1. The van der Waals surface area contributed by atoms with Crippen molar-refractivity contribution in [2.75, 3.05) is 6.61 Å². The number of rotatable bonds is 7. The zero-order chi connectivity index (χ0) is 22.6. The number of hydrogen-bond donors (Lipinski definition) is 2. The van der Waals surface area contributed by atoms with Gasteiger partial charge in [-0.05, 0) is 49.7 Å². The van der Waals surface area contributed by atoms with Gasteiger partial charge in [-0.25, -0.2) is 4.98 Å². The van der Waals surface area contributed by atoms with E-state index in [1.54, 1.807) is 37.0 Å². The number of aliphatic hydroxyl groups is 1. The van der Waals surface area contributed by atoms with Gasteiger partial charge in [-0.15, -0.1) is 0 Å². The van der Waals surface area contributed by atoms with Crippen LogP contribution in [0.1, 0.15) is 29.3 Å². The predicted octanol–water partition coefficient (Wildman–Crippen LogP) is 3.79. The highest BCUT2D eigenvalue weighted by Crippen LogP contribution is 2.34. The molecule has 0 bridgehead atoms. The highest BCUT2D eigenvalue weighted by atomic mass is 19.4. The quantitative estimate of drug-likeness (QED) is 0.591. The Morgan fingerprint density at radius 1 is 1.26 bits per heavy atom. The molecule has 1 atom stereocenters. The van der Waals surface area contributed by atoms with Crippen molar-refractivity contribution in [2.45, 2.75) is 25.6 Å². The number of benzene rings is 1. The summed E-state index contributed by atoms with van der Waals surface area (Å²) in [5.41, 5.74) is 0.352. The molecular weight excluding hydrogens is 413 g/mol. The third kappa shape index (κ3) is 5.60. The lowest BCUT2D eigenvalue weighted by atomic mass is 10.1. The van der Waals surface area contributed by atoms with Crippen LogP contribution >= 0.6 is 0 Å². The Morgan fingerprint density at radius 3 is 2.55 bits per heavy atom. The Labute approximate surface area is 176 Å². The van der Waals surface area contributed by atoms with E-state index in [-0.39, 0.29) is 35.7 Å². The van der Waals surface area contributed by atoms with E-state index in [4.69, 9.17) is 9.84 Å². The van der Waals surface area contributed by atoms with Gasteiger partial charge in [0.15, 0.2) is 0 Å². The summed E-state index contributed by atoms with van der Waals surface area (Å²) in [5.74, 6) is -0.128. The molecule has 10 heteroatoms. The zero-order valence-electron chi connectivity index (χ0n) is 16.8. The van der Waals surface area contributed by atoms with Crippen molar-refractivity contribution in [3.8, 4) is 22.9 Å². The standard InChI is InChI=1S/C21H21F3N4O3/c1-13(8-10-29)26-19(30)14-11-17(18-7-9-28(2)27-18)20(25-12-14)31-16-5-3-15(4-6-16)21(22,23)24/h3-7,9,11-13,29H,8,10H2,1-2H3,(H,26,30)/t13-/m0/s1. The van der Waals surface area contributed by atoms with E-state index in [1.807, 2.05) is 0 Å². The molecule has 0 unspecified atom stereocenters. The summed E-state index contributed by atoms with van der Waals surface area (Å²) < 4.78 is 45.6. The van der Waals surface area contributed by atoms with Gasteiger partial charge in [-0.2, -0.15) is 18.3 Å². The second-order valence-electron chi connectivity index (χ2n) is 6.96. The zero-order valence-corrected chi connectivity index (χ0v) is 16.8. The van der Waals surface area contributed by atoms with E-state index in [1.165, 1.54) is 18.3 Å². The number of hydrogen-bond acceptors (Lipinski definition) is 5. The molecule has 0 aliphatic heterocycles. The fourth-order valence-corrected chi connectivity index (χ4v) is 2.80. The van der Waals surface area contributed by atoms with Gasteiger partial charge >= 0.3 is 6.18 Å². The first kappa shape index (κ1) is 22.3. The fourth-order valence-electron chi connectivity index (χ4n) is 2.80. The maximum atomic E-state index is 12.8. The SMILES string of the molecule is C[C@@H](CCO)NC(=O)c1cnc(Oc2ccc(C(F)(F)F)cc2)c(-c2ccn(C)n2)c1. The number of amides is 1. The van der Waals surface area contributed by atoms with E-state index in [0.717, 1.165) is 12.1 Å². The fraction of sp³-hybridized carbons (Fsp3) is 0.286. The van der Waals surface area contributed by atoms with Crippen LogP contribution < -0.4 is 10.1 Å². The third-order valence-electron chi connectivity index (χ3n) is 4.44. The Hall–Kier alpha value is -3.40. The van der Waals surface area contributed by atoms with Crippen LogP contribution in [-0.2, 0) is 13.2 Å². The molecule has 0 aliphatic rings. The molecule has 3 rings (SSSR count). The van der Waals surface area contributed by atoms with Crippen molar-refractivity contribution >= 4 is 5.91 Å². The Balaban J connectivity index is 1.91. The Morgan fingerprint density at radius 2 is 1.97 bits per heavy atom. The number of ether oxygens (including phenoxy) is 1. The van der Waals surface area contributed by atoms with Gasteiger partial charge in [0.2, 0.25) is 5.88 Å². The number of halogens is 3. The molecule has 1 amide bonds. The van der Waals surface area contributed by atoms with Gasteiger partial charge in [0.05, 0.1) is 22.4 Å². The first-order valence-electron chi connectivity index (χ1n) is 9.44. The molecule has 0 fully saturated rings. The first-order valence-corrected chi connectivity index (χ1v) is 9.44. The highest BCUT2D eigenvalue weighted by Gasteiger charge is 2.30. The van der Waals surface area contributed by atoms with Crippen LogP contribution in [0.2, 0.25) is 0 Å². The number of nitrogens with one attached hydrogen (secondary N) is 1. The number of aliphatic hydroxyl groups excluding tert-OH is 1. The van der Waals surface area contributed by atoms with Crippen LogP contribution in [0.5, 0.6) is 11.6 Å². The maximum absolute atomic E-state index is 12.8. The highest BCUT2D eigenvalue weighted by molar-refractivity contribution is 5.95. The lowest BCUT2D eigenvalue weighted by molar-refractivity contribution is -0.137. The van der Waals surface area contributed by atoms with Gasteiger partial charge < -0.3 is 15.2 Å². The molecule has 31 heavy (non-hydrogen) atoms. The van der Waals surface area contributed by atoms with Crippen LogP contribution in [-0.4, -0.2) is 38.4 Å². The van der Waals surface area contributed by atoms with Crippen LogP contribution in [0, 0.1) is 0 Å². The summed E-state index contributed by atoms with van der Waals surface area (Å²) in [4.78, 5) is 16.7. The van der Waals surface area contributed by atoms with E-state index < -0.39 is 11.7 Å². The van der Waals surface area contributed by atoms with Crippen LogP contribution in [0.15, 0.2) is 48.8 Å². The number of alkyl halides is 3. The van der Waals surface area contributed by atoms with Crippen molar-refractivity contribution in [3.63, 3.8) is 0 Å². The maximum Gasteiger partial charge on any atom is 0.416 e. The monoisotopic (exact) mass is 434 g/mol. The van der Waals surface area contributed by atoms with Gasteiger partial charge in [0.25, 0.3) is 5.91 Å². The summed E-state index contributed by atoms with van der Waals surface area (Å²) in [6, 6.07) is 7.25. The summed E-state index contributed by atoms with van der Waals surface area (Å²) >= 11 is 0. The number of nitrogens with zero attached hydrogens (tertiary/aromatic N) is 3. The molecule has 164 valence electrons. The molecule has 2 aromatic heterocycles. The van der Waals surface area contributed by atoms with Crippen LogP contribution in [0.3, 0.4) is 0 Å². The molecule has 7 nitrogen and oxygen atoms in total. The predicted molar refractivity (Wildman–Crippen MR) is 107 cm³/mol. The average Bonchev–Trinajstić information content (AvgIpc) is 3.14. The molecule has 0 spiro atoms. The van der Waals surface area contributed by atoms with E-state index in [2.05, 4.69) is 15.4 Å². The Bertz CT molecular complexity index is 1050. The molecular formula is C21H21F3N4O3. The number of pyridine rings is 1. The molecule has 3 aromatic rings. The van der Waals surface area contributed by atoms with E-state index >= 15 is 0 Å². The lowest BCUT2D eigenvalue weighted by Crippen LogP contribution is -2.33. The lowest BCUT2D eigenvalue weighted by Gasteiger charge is -2.14. The topological polar surface area (TPSA) is 89.3 Å². The van der Waals surface area contributed by atoms with Crippen molar-refractivity contribution in [1.29, 1.82) is 0 Å². The van der Waals surface area contributed by atoms with Crippen LogP contribution in [0.25, 0.3) is 11.3 Å². The molecule has 0 saturated carbocycles. The normalized spacial score (nSPS) is 12.5. The van der Waals surface area contributed by atoms with Gasteiger partial charge in [-0.3, -0.25) is 9.48 Å². The largest absolute Gasteiger partial charge is 0.438 e. The summed E-state index contributed by atoms with van der Waals surface area (Å²) in [5, 5.41) is 16.1. The van der Waals surface area contributed by atoms with E-state index in [9.17, 15) is 18.0 Å². The smallest absolute Gasteiger partial charge is 0.416 e. The molecule has 0 radical (unpaired) electrons. The minimum Gasteiger partial charge on any atom is -0.438 e. The molecule has 0 aliphatic carbocycles. The molecule has 2 N–H and O–H groups in total. The van der Waals surface area contributed by atoms with Crippen molar-refractivity contribution in [2.24, 2.45) is 7.05 Å². The number of carbonyl (C=O) groups excluding carboxylic acids is 1. The second-order valence-corrected chi connectivity index (χ2v) is 6.96. The minimum atomic E-state index is -4.45. The van der Waals surface area contributed by atoms with Crippen LogP contribution in [0.4, 0.5) is 13.2 Å². The summed E-state index contributed by atoms with van der Waals surface area (Å²) in [6.45, 7) is 1.71. The first-order chi connectivity index (χ1) is 14.7. The average molecular weight is 434 g/mol. The summed E-state index contributed by atoms with van der Waals surface area (Å²) in [7, 11) is 1.72. The molecule has 0 saturated heterocycles. The van der Waals surface area contributed by atoms with Crippen molar-refractivity contribution in [1.82, 2.24) is 20.1 Å².